The first kappa shape index (κ1) is 29.1. The lowest BCUT2D eigenvalue weighted by molar-refractivity contribution is 0.161. The van der Waals surface area contributed by atoms with Crippen molar-refractivity contribution in [2.75, 3.05) is 6.67 Å². The summed E-state index contributed by atoms with van der Waals surface area (Å²) in [5.74, 6) is 0.477. The minimum Gasteiger partial charge on any atom is -0.247 e. The van der Waals surface area contributed by atoms with Crippen LogP contribution in [0.4, 0.5) is 4.39 Å². The van der Waals surface area contributed by atoms with Gasteiger partial charge in [-0.1, -0.05) is 91.0 Å². The standard InChI is InChI=1S/C24H20FN3.C6H14O3P/c25-18-10-17-23-26-19-28(27-23)24(20-11-4-1-5-12-20,21-13-6-2-7-14-21)22-15-8-3-9-16-22;1-5(2)8-10(7)9-6(3)4/h1-17,19H,18H2;5-6H,1-4H3/q;+1/b17-10+;. The molecule has 1 heterocycles. The monoisotopic (exact) mass is 534 g/mol. The van der Waals surface area contributed by atoms with Gasteiger partial charge >= 0.3 is 8.25 Å². The van der Waals surface area contributed by atoms with E-state index < -0.39 is 20.5 Å². The molecule has 0 aliphatic heterocycles. The molecule has 6 nitrogen and oxygen atoms in total. The number of allylic oxidation sites excluding steroid dienone is 1. The topological polar surface area (TPSA) is 66.2 Å². The summed E-state index contributed by atoms with van der Waals surface area (Å²) in [6, 6.07) is 30.7. The number of aromatic nitrogens is 3. The first-order valence-electron chi connectivity index (χ1n) is 12.5. The normalized spacial score (nSPS) is 11.6. The lowest BCUT2D eigenvalue weighted by Crippen LogP contribution is -2.38. The van der Waals surface area contributed by atoms with Gasteiger partial charge < -0.3 is 0 Å². The van der Waals surface area contributed by atoms with Crippen molar-refractivity contribution < 1.29 is 18.0 Å². The Kier molecular flexibility index (Phi) is 11.0. The fraction of sp³-hybridized carbons (Fsp3) is 0.267. The van der Waals surface area contributed by atoms with Gasteiger partial charge in [0.05, 0.1) is 0 Å². The molecular formula is C30H34FN3O3P+. The maximum Gasteiger partial charge on any atom is 0.697 e. The molecule has 0 saturated heterocycles. The lowest BCUT2D eigenvalue weighted by Gasteiger charge is -2.35. The first-order valence-corrected chi connectivity index (χ1v) is 13.6. The first-order chi connectivity index (χ1) is 18.4. The zero-order chi connectivity index (χ0) is 27.4. The molecule has 0 spiro atoms. The Morgan fingerprint density at radius 2 is 1.24 bits per heavy atom. The summed E-state index contributed by atoms with van der Waals surface area (Å²) in [5, 5.41) is 4.70. The smallest absolute Gasteiger partial charge is 0.247 e. The predicted octanol–water partition coefficient (Wildman–Crippen LogP) is 7.59. The Morgan fingerprint density at radius 1 is 0.816 bits per heavy atom. The highest BCUT2D eigenvalue weighted by molar-refractivity contribution is 7.33. The second kappa shape index (κ2) is 14.4. The lowest BCUT2D eigenvalue weighted by atomic mass is 9.77. The zero-order valence-electron chi connectivity index (χ0n) is 22.1. The Balaban J connectivity index is 0.000000342. The van der Waals surface area contributed by atoms with Crippen LogP contribution >= 0.6 is 8.25 Å². The van der Waals surface area contributed by atoms with Crippen molar-refractivity contribution in [3.63, 3.8) is 0 Å². The van der Waals surface area contributed by atoms with Gasteiger partial charge in [-0.15, -0.1) is 9.05 Å². The molecule has 0 unspecified atom stereocenters. The van der Waals surface area contributed by atoms with Gasteiger partial charge in [0.15, 0.2) is 5.82 Å². The Bertz CT molecular complexity index is 1170. The summed E-state index contributed by atoms with van der Waals surface area (Å²) in [7, 11) is -1.91. The van der Waals surface area contributed by atoms with Gasteiger partial charge in [0.2, 0.25) is 0 Å². The van der Waals surface area contributed by atoms with Crippen LogP contribution in [0.15, 0.2) is 103 Å². The van der Waals surface area contributed by atoms with E-state index in [9.17, 15) is 8.96 Å². The highest BCUT2D eigenvalue weighted by Gasteiger charge is 2.39. The van der Waals surface area contributed by atoms with Gasteiger partial charge in [-0.05, 0) is 56.5 Å². The largest absolute Gasteiger partial charge is 0.697 e. The molecule has 0 bridgehead atoms. The van der Waals surface area contributed by atoms with E-state index in [1.165, 1.54) is 6.08 Å². The minimum atomic E-state index is -1.91. The highest BCUT2D eigenvalue weighted by Crippen LogP contribution is 2.40. The quantitative estimate of drug-likeness (QED) is 0.155. The van der Waals surface area contributed by atoms with Gasteiger partial charge in [-0.25, -0.2) is 14.1 Å². The number of rotatable bonds is 10. The number of alkyl halides is 1. The number of hydrogen-bond donors (Lipinski definition) is 0. The number of halogens is 1. The van der Waals surface area contributed by atoms with Crippen LogP contribution < -0.4 is 0 Å². The summed E-state index contributed by atoms with van der Waals surface area (Å²) in [5.41, 5.74) is 2.51. The van der Waals surface area contributed by atoms with Crippen LogP contribution in [-0.4, -0.2) is 33.6 Å². The molecule has 0 amide bonds. The third kappa shape index (κ3) is 7.51. The average molecular weight is 535 g/mol. The summed E-state index contributed by atoms with van der Waals surface area (Å²) in [6.45, 7) is 6.72. The van der Waals surface area contributed by atoms with Gasteiger partial charge in [0.25, 0.3) is 0 Å². The van der Waals surface area contributed by atoms with E-state index in [0.717, 1.165) is 16.7 Å². The van der Waals surface area contributed by atoms with E-state index in [4.69, 9.17) is 14.1 Å². The zero-order valence-corrected chi connectivity index (χ0v) is 23.0. The van der Waals surface area contributed by atoms with E-state index in [2.05, 4.69) is 41.4 Å². The van der Waals surface area contributed by atoms with Gasteiger partial charge in [0, 0.05) is 4.57 Å². The van der Waals surface area contributed by atoms with Crippen LogP contribution in [0, 0.1) is 0 Å². The fourth-order valence-electron chi connectivity index (χ4n) is 3.97. The Hall–Kier alpha value is -3.51. The van der Waals surface area contributed by atoms with E-state index >= 15 is 0 Å². The highest BCUT2D eigenvalue weighted by atomic mass is 31.1. The van der Waals surface area contributed by atoms with E-state index in [1.54, 1.807) is 12.4 Å². The van der Waals surface area contributed by atoms with Crippen molar-refractivity contribution in [3.8, 4) is 0 Å². The van der Waals surface area contributed by atoms with E-state index in [0.29, 0.717) is 5.82 Å². The van der Waals surface area contributed by atoms with Crippen molar-refractivity contribution in [2.24, 2.45) is 0 Å². The van der Waals surface area contributed by atoms with Gasteiger partial charge in [-0.2, -0.15) is 5.10 Å². The molecule has 8 heteroatoms. The van der Waals surface area contributed by atoms with Crippen molar-refractivity contribution in [2.45, 2.75) is 45.4 Å². The molecule has 4 aromatic rings. The average Bonchev–Trinajstić information content (AvgIpc) is 3.38. The molecule has 0 aliphatic carbocycles. The molecule has 38 heavy (non-hydrogen) atoms. The number of benzene rings is 3. The summed E-state index contributed by atoms with van der Waals surface area (Å²) >= 11 is 0. The maximum atomic E-state index is 12.6. The van der Waals surface area contributed by atoms with Gasteiger partial charge in [0.1, 0.15) is 30.7 Å². The van der Waals surface area contributed by atoms with Gasteiger partial charge in [-0.3, -0.25) is 0 Å². The third-order valence-electron chi connectivity index (χ3n) is 5.38. The Morgan fingerprint density at radius 3 is 1.61 bits per heavy atom. The molecule has 0 aliphatic rings. The van der Waals surface area contributed by atoms with Crippen LogP contribution in [0.5, 0.6) is 0 Å². The molecule has 0 fully saturated rings. The molecule has 0 N–H and O–H groups in total. The van der Waals surface area contributed by atoms with Crippen LogP contribution in [0.2, 0.25) is 0 Å². The van der Waals surface area contributed by atoms with E-state index in [1.807, 2.05) is 87.0 Å². The van der Waals surface area contributed by atoms with Crippen molar-refractivity contribution in [1.82, 2.24) is 14.8 Å². The minimum absolute atomic E-state index is 0.0395. The molecule has 198 valence electrons. The number of nitrogens with zero attached hydrogens (tertiary/aromatic N) is 3. The second-order valence-corrected chi connectivity index (χ2v) is 9.81. The van der Waals surface area contributed by atoms with E-state index in [-0.39, 0.29) is 12.2 Å². The summed E-state index contributed by atoms with van der Waals surface area (Å²) in [4.78, 5) is 4.39. The molecule has 0 saturated carbocycles. The second-order valence-electron chi connectivity index (χ2n) is 8.94. The molecular weight excluding hydrogens is 500 g/mol. The molecule has 0 radical (unpaired) electrons. The summed E-state index contributed by atoms with van der Waals surface area (Å²) in [6.07, 6.45) is 4.65. The molecule has 4 rings (SSSR count). The van der Waals surface area contributed by atoms with Crippen LogP contribution in [0.1, 0.15) is 50.2 Å². The summed E-state index contributed by atoms with van der Waals surface area (Å²) < 4.78 is 34.9. The van der Waals surface area contributed by atoms with Crippen LogP contribution in [0.3, 0.4) is 0 Å². The molecule has 1 aromatic heterocycles. The van der Waals surface area contributed by atoms with Crippen LogP contribution in [-0.2, 0) is 19.2 Å². The van der Waals surface area contributed by atoms with Crippen LogP contribution in [0.25, 0.3) is 6.08 Å². The SMILES string of the molecule is CC(C)O[P+](=O)OC(C)C.FC/C=C/c1ncn(C(c2ccccc2)(c2ccccc2)c2ccccc2)n1. The Labute approximate surface area is 225 Å². The predicted molar refractivity (Wildman–Crippen MR) is 150 cm³/mol. The van der Waals surface area contributed by atoms with Crippen molar-refractivity contribution in [3.05, 3.63) is 126 Å². The van der Waals surface area contributed by atoms with Crippen molar-refractivity contribution >= 4 is 14.3 Å². The molecule has 3 aromatic carbocycles. The molecule has 0 atom stereocenters. The number of hydrogen-bond acceptors (Lipinski definition) is 5. The maximum absolute atomic E-state index is 12.6. The van der Waals surface area contributed by atoms with Crippen molar-refractivity contribution in [1.29, 1.82) is 0 Å². The fourth-order valence-corrected chi connectivity index (χ4v) is 4.71. The third-order valence-corrected chi connectivity index (χ3v) is 6.57.